The van der Waals surface area contributed by atoms with Gasteiger partial charge < -0.3 is 5.11 Å². The Morgan fingerprint density at radius 1 is 1.21 bits per heavy atom. The van der Waals surface area contributed by atoms with E-state index in [0.717, 1.165) is 18.9 Å². The van der Waals surface area contributed by atoms with E-state index in [1.807, 2.05) is 17.4 Å². The lowest BCUT2D eigenvalue weighted by Crippen LogP contribution is -2.60. The van der Waals surface area contributed by atoms with Crippen LogP contribution in [0.15, 0.2) is 35.7 Å². The Bertz CT molecular complexity index is 740. The zero-order valence-electron chi connectivity index (χ0n) is 14.1. The number of fused-ring (bicyclic) bond motifs is 1. The maximum absolute atomic E-state index is 10.1. The molecule has 2 fully saturated rings. The molecule has 0 amide bonds. The van der Waals surface area contributed by atoms with Crippen LogP contribution in [0.25, 0.3) is 0 Å². The van der Waals surface area contributed by atoms with Crippen molar-refractivity contribution in [2.75, 3.05) is 6.54 Å². The van der Waals surface area contributed by atoms with Gasteiger partial charge in [0.1, 0.15) is 5.75 Å². The summed E-state index contributed by atoms with van der Waals surface area (Å²) >= 11 is 1.89. The molecule has 2 bridgehead atoms. The van der Waals surface area contributed by atoms with E-state index in [2.05, 4.69) is 34.5 Å². The van der Waals surface area contributed by atoms with Gasteiger partial charge in [0.05, 0.1) is 0 Å². The van der Waals surface area contributed by atoms with Gasteiger partial charge in [0.2, 0.25) is 0 Å². The van der Waals surface area contributed by atoms with Crippen molar-refractivity contribution in [1.29, 1.82) is 0 Å². The summed E-state index contributed by atoms with van der Waals surface area (Å²) in [5.74, 6) is 1.22. The van der Waals surface area contributed by atoms with Crippen molar-refractivity contribution in [2.24, 2.45) is 5.92 Å². The third kappa shape index (κ3) is 2.18. The van der Waals surface area contributed by atoms with E-state index in [-0.39, 0.29) is 0 Å². The summed E-state index contributed by atoms with van der Waals surface area (Å²) in [6.45, 7) is 2.32. The fourth-order valence-electron chi connectivity index (χ4n) is 5.87. The normalized spacial score (nSPS) is 32.2. The second kappa shape index (κ2) is 5.60. The number of aromatic hydroxyl groups is 1. The number of hydrogen-bond acceptors (Lipinski definition) is 3. The van der Waals surface area contributed by atoms with E-state index in [4.69, 9.17) is 0 Å². The van der Waals surface area contributed by atoms with Crippen LogP contribution in [0, 0.1) is 5.92 Å². The van der Waals surface area contributed by atoms with Crippen molar-refractivity contribution >= 4 is 11.3 Å². The van der Waals surface area contributed by atoms with Crippen LogP contribution < -0.4 is 0 Å². The van der Waals surface area contributed by atoms with Gasteiger partial charge >= 0.3 is 0 Å². The Hall–Kier alpha value is -1.32. The SMILES string of the molecule is Oc1ccc2c(c1)[C@]13CCCC[C@H]1[C@H](C2)N(Cc1cccs1)CC3. The molecule has 0 unspecified atom stereocenters. The van der Waals surface area contributed by atoms with Gasteiger partial charge in [-0.1, -0.05) is 25.0 Å². The maximum atomic E-state index is 10.1. The molecule has 1 aromatic heterocycles. The highest BCUT2D eigenvalue weighted by atomic mass is 32.1. The van der Waals surface area contributed by atoms with Crippen molar-refractivity contribution in [3.63, 3.8) is 0 Å². The Morgan fingerprint density at radius 2 is 2.17 bits per heavy atom. The van der Waals surface area contributed by atoms with Crippen molar-refractivity contribution in [2.45, 2.75) is 56.5 Å². The van der Waals surface area contributed by atoms with Gasteiger partial charge in [0, 0.05) is 22.9 Å². The molecule has 126 valence electrons. The lowest BCUT2D eigenvalue weighted by molar-refractivity contribution is -0.0152. The molecule has 1 aromatic carbocycles. The van der Waals surface area contributed by atoms with E-state index in [9.17, 15) is 5.11 Å². The molecule has 1 saturated heterocycles. The summed E-state index contributed by atoms with van der Waals surface area (Å²) < 4.78 is 0. The van der Waals surface area contributed by atoms with Gasteiger partial charge in [0.25, 0.3) is 0 Å². The predicted molar refractivity (Wildman–Crippen MR) is 98.6 cm³/mol. The Morgan fingerprint density at radius 3 is 3.04 bits per heavy atom. The fourth-order valence-corrected chi connectivity index (χ4v) is 6.60. The smallest absolute Gasteiger partial charge is 0.115 e. The summed E-state index contributed by atoms with van der Waals surface area (Å²) in [5, 5.41) is 12.3. The number of likely N-dealkylation sites (tertiary alicyclic amines) is 1. The molecule has 1 aliphatic heterocycles. The van der Waals surface area contributed by atoms with Crippen LogP contribution in [0.4, 0.5) is 0 Å². The number of piperidine rings is 1. The van der Waals surface area contributed by atoms with Crippen molar-refractivity contribution < 1.29 is 5.11 Å². The molecule has 5 rings (SSSR count). The Balaban J connectivity index is 1.56. The molecule has 24 heavy (non-hydrogen) atoms. The zero-order chi connectivity index (χ0) is 16.1. The lowest BCUT2D eigenvalue weighted by atomic mass is 9.52. The number of hydrogen-bond donors (Lipinski definition) is 1. The molecule has 0 spiro atoms. The predicted octanol–water partition coefficient (Wildman–Crippen LogP) is 4.71. The number of rotatable bonds is 2. The molecule has 2 nitrogen and oxygen atoms in total. The molecule has 3 atom stereocenters. The second-order valence-corrected chi connectivity index (χ2v) is 8.95. The fraction of sp³-hybridized carbons (Fsp3) is 0.524. The van der Waals surface area contributed by atoms with Gasteiger partial charge in [-0.05, 0) is 72.9 Å². The minimum Gasteiger partial charge on any atom is -0.508 e. The first-order valence-corrected chi connectivity index (χ1v) is 10.2. The third-order valence-corrected chi connectivity index (χ3v) is 7.74. The summed E-state index contributed by atoms with van der Waals surface area (Å²) in [6.07, 6.45) is 7.83. The number of nitrogens with zero attached hydrogens (tertiary/aromatic N) is 1. The van der Waals surface area contributed by atoms with E-state index in [0.29, 0.717) is 17.2 Å². The Labute approximate surface area is 148 Å². The van der Waals surface area contributed by atoms with E-state index in [1.165, 1.54) is 54.7 Å². The largest absolute Gasteiger partial charge is 0.508 e. The summed E-state index contributed by atoms with van der Waals surface area (Å²) in [7, 11) is 0. The number of thiophene rings is 1. The summed E-state index contributed by atoms with van der Waals surface area (Å²) in [6, 6.07) is 11.3. The van der Waals surface area contributed by atoms with E-state index in [1.54, 1.807) is 0 Å². The molecule has 3 aliphatic rings. The van der Waals surface area contributed by atoms with E-state index >= 15 is 0 Å². The molecule has 0 radical (unpaired) electrons. The van der Waals surface area contributed by atoms with Crippen LogP contribution in [-0.2, 0) is 18.4 Å². The minimum absolute atomic E-state index is 0.335. The van der Waals surface area contributed by atoms with Crippen LogP contribution in [0.2, 0.25) is 0 Å². The highest BCUT2D eigenvalue weighted by Gasteiger charge is 2.53. The average molecular weight is 340 g/mol. The van der Waals surface area contributed by atoms with Crippen molar-refractivity contribution in [3.8, 4) is 5.75 Å². The Kier molecular flexibility index (Phi) is 3.50. The molecular formula is C21H25NOS. The minimum atomic E-state index is 0.335. The lowest BCUT2D eigenvalue weighted by Gasteiger charge is -2.59. The topological polar surface area (TPSA) is 23.5 Å². The molecule has 2 aliphatic carbocycles. The van der Waals surface area contributed by atoms with Crippen molar-refractivity contribution in [1.82, 2.24) is 4.90 Å². The second-order valence-electron chi connectivity index (χ2n) is 7.92. The van der Waals surface area contributed by atoms with Crippen LogP contribution in [-0.4, -0.2) is 22.6 Å². The number of phenols is 1. The van der Waals surface area contributed by atoms with Crippen LogP contribution in [0.1, 0.15) is 48.1 Å². The highest BCUT2D eigenvalue weighted by molar-refractivity contribution is 7.09. The number of benzene rings is 1. The molecule has 3 heteroatoms. The molecular weight excluding hydrogens is 314 g/mol. The first-order chi connectivity index (χ1) is 11.8. The first kappa shape index (κ1) is 15.0. The summed E-state index contributed by atoms with van der Waals surface area (Å²) in [5.41, 5.74) is 3.31. The third-order valence-electron chi connectivity index (χ3n) is 6.87. The highest BCUT2D eigenvalue weighted by Crippen LogP contribution is 2.56. The van der Waals surface area contributed by atoms with Gasteiger partial charge in [-0.15, -0.1) is 11.3 Å². The van der Waals surface area contributed by atoms with Gasteiger partial charge in [-0.3, -0.25) is 4.90 Å². The molecule has 1 saturated carbocycles. The van der Waals surface area contributed by atoms with Gasteiger partial charge in [0.15, 0.2) is 0 Å². The number of phenolic OH excluding ortho intramolecular Hbond substituents is 1. The standard InChI is InChI=1S/C21H25NOS/c23-16-7-6-15-12-20-18-5-1-2-8-21(18,19(15)13-16)9-10-22(20)14-17-4-3-11-24-17/h3-4,6-7,11,13,18,20,23H,1-2,5,8-10,12,14H2/t18-,20-,21-/m0/s1. The van der Waals surface area contributed by atoms with Gasteiger partial charge in [-0.25, -0.2) is 0 Å². The van der Waals surface area contributed by atoms with Gasteiger partial charge in [-0.2, -0.15) is 0 Å². The molecule has 2 heterocycles. The van der Waals surface area contributed by atoms with E-state index < -0.39 is 0 Å². The average Bonchev–Trinajstić information content (AvgIpc) is 3.11. The van der Waals surface area contributed by atoms with Crippen LogP contribution in [0.3, 0.4) is 0 Å². The zero-order valence-corrected chi connectivity index (χ0v) is 14.9. The molecule has 1 N–H and O–H groups in total. The molecule has 2 aromatic rings. The van der Waals surface area contributed by atoms with Crippen LogP contribution in [0.5, 0.6) is 5.75 Å². The maximum Gasteiger partial charge on any atom is 0.115 e. The summed E-state index contributed by atoms with van der Waals surface area (Å²) in [4.78, 5) is 4.25. The van der Waals surface area contributed by atoms with Crippen molar-refractivity contribution in [3.05, 3.63) is 51.7 Å². The quantitative estimate of drug-likeness (QED) is 0.856. The first-order valence-electron chi connectivity index (χ1n) is 9.35. The van der Waals surface area contributed by atoms with Crippen LogP contribution >= 0.6 is 11.3 Å². The monoisotopic (exact) mass is 339 g/mol.